The molecule has 0 N–H and O–H groups in total. The summed E-state index contributed by atoms with van der Waals surface area (Å²) in [6.45, 7) is 0. The van der Waals surface area contributed by atoms with Crippen molar-refractivity contribution < 1.29 is 13.9 Å². The first kappa shape index (κ1) is 11.4. The van der Waals surface area contributed by atoms with Crippen molar-refractivity contribution in [1.82, 2.24) is 4.57 Å². The third-order valence-corrected chi connectivity index (χ3v) is 2.62. The normalized spacial score (nSPS) is 10.3. The van der Waals surface area contributed by atoms with Crippen molar-refractivity contribution in [2.24, 2.45) is 7.05 Å². The predicted octanol–water partition coefficient (Wildman–Crippen LogP) is 2.62. The van der Waals surface area contributed by atoms with Crippen LogP contribution in [0.5, 0.6) is 0 Å². The van der Waals surface area contributed by atoms with Crippen LogP contribution in [0.25, 0.3) is 11.1 Å². The number of aromatic nitrogens is 1. The highest BCUT2D eigenvalue weighted by Gasteiger charge is 2.18. The Bertz CT molecular complexity index is 560. The highest BCUT2D eigenvalue weighted by Crippen LogP contribution is 2.27. The maximum atomic E-state index is 13.7. The van der Waals surface area contributed by atoms with Crippen molar-refractivity contribution in [3.05, 3.63) is 48.0 Å². The molecule has 17 heavy (non-hydrogen) atoms. The van der Waals surface area contributed by atoms with E-state index in [9.17, 15) is 9.18 Å². The average molecular weight is 233 g/mol. The number of carbonyl (C=O) groups is 1. The summed E-state index contributed by atoms with van der Waals surface area (Å²) in [5, 5.41) is 0. The van der Waals surface area contributed by atoms with Crippen LogP contribution in [-0.4, -0.2) is 17.6 Å². The lowest BCUT2D eigenvalue weighted by Gasteiger charge is -2.06. The Balaban J connectivity index is 2.61. The molecular weight excluding hydrogens is 221 g/mol. The average Bonchev–Trinajstić information content (AvgIpc) is 2.71. The summed E-state index contributed by atoms with van der Waals surface area (Å²) in [4.78, 5) is 11.6. The molecule has 0 atom stereocenters. The molecule has 2 aromatic rings. The van der Waals surface area contributed by atoms with Crippen LogP contribution < -0.4 is 0 Å². The van der Waals surface area contributed by atoms with Crippen LogP contribution in [0.15, 0.2) is 36.5 Å². The molecule has 0 unspecified atom stereocenters. The predicted molar refractivity (Wildman–Crippen MR) is 62.1 cm³/mol. The first-order chi connectivity index (χ1) is 8.15. The van der Waals surface area contributed by atoms with Gasteiger partial charge in [0.25, 0.3) is 0 Å². The van der Waals surface area contributed by atoms with Crippen LogP contribution in [0.1, 0.15) is 10.5 Å². The number of esters is 1. The van der Waals surface area contributed by atoms with Gasteiger partial charge in [0, 0.05) is 24.4 Å². The summed E-state index contributed by atoms with van der Waals surface area (Å²) in [6, 6.07) is 8.04. The minimum atomic E-state index is -0.476. The van der Waals surface area contributed by atoms with E-state index in [-0.39, 0.29) is 5.82 Å². The molecule has 0 radical (unpaired) electrons. The number of nitrogens with zero attached hydrogens (tertiary/aromatic N) is 1. The van der Waals surface area contributed by atoms with Crippen LogP contribution in [0, 0.1) is 5.82 Å². The van der Waals surface area contributed by atoms with Gasteiger partial charge >= 0.3 is 5.97 Å². The molecule has 0 amide bonds. The molecule has 88 valence electrons. The molecule has 0 aliphatic heterocycles. The fraction of sp³-hybridized carbons (Fsp3) is 0.154. The zero-order chi connectivity index (χ0) is 12.4. The lowest BCUT2D eigenvalue weighted by Crippen LogP contribution is -2.08. The van der Waals surface area contributed by atoms with Crippen LogP contribution in [0.2, 0.25) is 0 Å². The van der Waals surface area contributed by atoms with Crippen LogP contribution in [0.3, 0.4) is 0 Å². The molecule has 1 heterocycles. The monoisotopic (exact) mass is 233 g/mol. The summed E-state index contributed by atoms with van der Waals surface area (Å²) in [5.74, 6) is -0.834. The number of ether oxygens (including phenoxy) is 1. The summed E-state index contributed by atoms with van der Waals surface area (Å²) >= 11 is 0. The lowest BCUT2D eigenvalue weighted by atomic mass is 10.1. The fourth-order valence-electron chi connectivity index (χ4n) is 1.78. The number of benzene rings is 1. The Labute approximate surface area is 98.4 Å². The first-order valence-corrected chi connectivity index (χ1v) is 5.13. The van der Waals surface area contributed by atoms with E-state index >= 15 is 0 Å². The van der Waals surface area contributed by atoms with E-state index in [0.717, 1.165) is 0 Å². The molecule has 0 saturated carbocycles. The van der Waals surface area contributed by atoms with E-state index in [1.807, 2.05) is 0 Å². The zero-order valence-electron chi connectivity index (χ0n) is 9.61. The van der Waals surface area contributed by atoms with Gasteiger partial charge in [-0.3, -0.25) is 0 Å². The highest BCUT2D eigenvalue weighted by molar-refractivity contribution is 5.95. The third-order valence-electron chi connectivity index (χ3n) is 2.62. The Kier molecular flexibility index (Phi) is 2.95. The molecule has 0 saturated heterocycles. The highest BCUT2D eigenvalue weighted by atomic mass is 19.1. The molecular formula is C13H12FNO2. The number of aryl methyl sites for hydroxylation is 1. The van der Waals surface area contributed by atoms with Gasteiger partial charge in [0.1, 0.15) is 11.5 Å². The summed E-state index contributed by atoms with van der Waals surface area (Å²) in [7, 11) is 3.02. The smallest absolute Gasteiger partial charge is 0.355 e. The quantitative estimate of drug-likeness (QED) is 0.746. The number of methoxy groups -OCH3 is 1. The molecule has 1 aromatic heterocycles. The minimum absolute atomic E-state index is 0.345. The van der Waals surface area contributed by atoms with Crippen LogP contribution >= 0.6 is 0 Å². The Morgan fingerprint density at radius 1 is 1.24 bits per heavy atom. The largest absolute Gasteiger partial charge is 0.464 e. The Morgan fingerprint density at radius 2 is 1.94 bits per heavy atom. The Hall–Kier alpha value is -2.10. The van der Waals surface area contributed by atoms with Gasteiger partial charge < -0.3 is 9.30 Å². The van der Waals surface area contributed by atoms with Gasteiger partial charge in [-0.2, -0.15) is 0 Å². The second-order valence-corrected chi connectivity index (χ2v) is 3.66. The number of hydrogen-bond donors (Lipinski definition) is 0. The third kappa shape index (κ3) is 1.93. The molecule has 4 heteroatoms. The maximum absolute atomic E-state index is 13.7. The van der Waals surface area contributed by atoms with E-state index in [1.165, 1.54) is 13.2 Å². The molecule has 2 rings (SSSR count). The van der Waals surface area contributed by atoms with Crippen molar-refractivity contribution >= 4 is 5.97 Å². The van der Waals surface area contributed by atoms with Crippen molar-refractivity contribution in [2.45, 2.75) is 0 Å². The second-order valence-electron chi connectivity index (χ2n) is 3.66. The van der Waals surface area contributed by atoms with Crippen LogP contribution in [0.4, 0.5) is 4.39 Å². The summed E-state index contributed by atoms with van der Waals surface area (Å²) < 4.78 is 20.0. The molecule has 0 aliphatic carbocycles. The lowest BCUT2D eigenvalue weighted by molar-refractivity contribution is 0.0591. The summed E-state index contributed by atoms with van der Waals surface area (Å²) in [5.41, 5.74) is 1.28. The number of carbonyl (C=O) groups excluding carboxylic acids is 1. The molecule has 0 aliphatic rings. The minimum Gasteiger partial charge on any atom is -0.464 e. The number of rotatable bonds is 2. The van der Waals surface area contributed by atoms with Crippen molar-refractivity contribution in [3.8, 4) is 11.1 Å². The second kappa shape index (κ2) is 4.41. The number of hydrogen-bond acceptors (Lipinski definition) is 2. The molecule has 3 nitrogen and oxygen atoms in total. The van der Waals surface area contributed by atoms with Crippen LogP contribution in [-0.2, 0) is 11.8 Å². The van der Waals surface area contributed by atoms with Crippen molar-refractivity contribution in [3.63, 3.8) is 0 Å². The molecule has 0 fully saturated rings. The Morgan fingerprint density at radius 3 is 2.59 bits per heavy atom. The number of halogens is 1. The van der Waals surface area contributed by atoms with Gasteiger partial charge in [-0.25, -0.2) is 9.18 Å². The van der Waals surface area contributed by atoms with Gasteiger partial charge in [-0.05, 0) is 12.1 Å². The van der Waals surface area contributed by atoms with Gasteiger partial charge in [0.2, 0.25) is 0 Å². The zero-order valence-corrected chi connectivity index (χ0v) is 9.61. The molecule has 0 spiro atoms. The van der Waals surface area contributed by atoms with E-state index in [4.69, 9.17) is 4.74 Å². The van der Waals surface area contributed by atoms with Crippen molar-refractivity contribution in [1.29, 1.82) is 0 Å². The fourth-order valence-corrected chi connectivity index (χ4v) is 1.78. The maximum Gasteiger partial charge on any atom is 0.355 e. The topological polar surface area (TPSA) is 31.2 Å². The van der Waals surface area contributed by atoms with E-state index in [2.05, 4.69) is 0 Å². The first-order valence-electron chi connectivity index (χ1n) is 5.13. The summed E-state index contributed by atoms with van der Waals surface area (Å²) in [6.07, 6.45) is 1.70. The standard InChI is InChI=1S/C13H12FNO2/c1-15-8-7-10(12(15)13(16)17-2)9-5-3-4-6-11(9)14/h3-8H,1-2H3. The molecule has 0 bridgehead atoms. The van der Waals surface area contributed by atoms with E-state index in [1.54, 1.807) is 42.1 Å². The van der Waals surface area contributed by atoms with Crippen molar-refractivity contribution in [2.75, 3.05) is 7.11 Å². The van der Waals surface area contributed by atoms with Gasteiger partial charge in [0.05, 0.1) is 7.11 Å². The molecule has 1 aromatic carbocycles. The van der Waals surface area contributed by atoms with E-state index in [0.29, 0.717) is 16.8 Å². The SMILES string of the molecule is COC(=O)c1c(-c2ccccc2F)ccn1C. The van der Waals surface area contributed by atoms with Gasteiger partial charge in [-0.1, -0.05) is 18.2 Å². The van der Waals surface area contributed by atoms with Gasteiger partial charge in [-0.15, -0.1) is 0 Å². The van der Waals surface area contributed by atoms with E-state index < -0.39 is 5.97 Å². The van der Waals surface area contributed by atoms with Gasteiger partial charge in [0.15, 0.2) is 0 Å².